The van der Waals surface area contributed by atoms with Gasteiger partial charge in [-0.2, -0.15) is 5.10 Å². The Bertz CT molecular complexity index is 625. The topological polar surface area (TPSA) is 34.9 Å². The molecule has 1 aromatic heterocycles. The van der Waals surface area contributed by atoms with Gasteiger partial charge in [0.2, 0.25) is 5.78 Å². The zero-order chi connectivity index (χ0) is 14.0. The van der Waals surface area contributed by atoms with Gasteiger partial charge >= 0.3 is 0 Å². The number of benzene rings is 1. The normalized spacial score (nSPS) is 10.7. The molecular weight excluding hydrogens is 318 g/mol. The van der Waals surface area contributed by atoms with Crippen molar-refractivity contribution in [3.8, 4) is 0 Å². The Kier molecular flexibility index (Phi) is 4.09. The fourth-order valence-corrected chi connectivity index (χ4v) is 2.24. The van der Waals surface area contributed by atoms with Gasteiger partial charge in [-0.3, -0.25) is 9.48 Å². The van der Waals surface area contributed by atoms with Gasteiger partial charge in [-0.15, -0.1) is 0 Å². The molecule has 0 saturated heterocycles. The maximum atomic E-state index is 13.6. The van der Waals surface area contributed by atoms with Gasteiger partial charge in [-0.25, -0.2) is 8.78 Å². The lowest BCUT2D eigenvalue weighted by Crippen LogP contribution is -2.13. The summed E-state index contributed by atoms with van der Waals surface area (Å²) >= 11 is 3.21. The van der Waals surface area contributed by atoms with Gasteiger partial charge in [0.25, 0.3) is 0 Å². The van der Waals surface area contributed by atoms with Gasteiger partial charge in [0.05, 0.1) is 16.2 Å². The van der Waals surface area contributed by atoms with Gasteiger partial charge in [-0.05, 0) is 40.5 Å². The zero-order valence-corrected chi connectivity index (χ0v) is 11.7. The minimum Gasteiger partial charge on any atom is -0.287 e. The molecule has 2 rings (SSSR count). The molecule has 0 aliphatic heterocycles. The number of carbonyl (C=O) groups excluding carboxylic acids is 1. The summed E-state index contributed by atoms with van der Waals surface area (Å²) in [4.78, 5) is 12.3. The first kappa shape index (κ1) is 13.9. The van der Waals surface area contributed by atoms with Gasteiger partial charge in [0.15, 0.2) is 0 Å². The summed E-state index contributed by atoms with van der Waals surface area (Å²) in [6, 6.07) is 2.81. The summed E-state index contributed by atoms with van der Waals surface area (Å²) in [5.74, 6) is -1.99. The van der Waals surface area contributed by atoms with Crippen molar-refractivity contribution in [2.45, 2.75) is 19.9 Å². The summed E-state index contributed by atoms with van der Waals surface area (Å²) in [5, 5.41) is 4.04. The Labute approximate surface area is 117 Å². The lowest BCUT2D eigenvalue weighted by Gasteiger charge is -2.07. The summed E-state index contributed by atoms with van der Waals surface area (Å²) < 4.78 is 28.7. The standard InChI is InChI=1S/C13H11BrF2N2O/c1-2-5-18-12(10(14)7-17-18)13(19)9-6-8(15)3-4-11(9)16/h3-4,6-7H,2,5H2,1H3. The van der Waals surface area contributed by atoms with Crippen LogP contribution in [0.1, 0.15) is 29.4 Å². The van der Waals surface area contributed by atoms with Crippen molar-refractivity contribution in [1.29, 1.82) is 0 Å². The Morgan fingerprint density at radius 2 is 2.16 bits per heavy atom. The van der Waals surface area contributed by atoms with Crippen LogP contribution >= 0.6 is 15.9 Å². The van der Waals surface area contributed by atoms with Crippen LogP contribution in [-0.4, -0.2) is 15.6 Å². The van der Waals surface area contributed by atoms with Gasteiger partial charge in [0, 0.05) is 6.54 Å². The molecule has 3 nitrogen and oxygen atoms in total. The molecule has 0 bridgehead atoms. The SMILES string of the molecule is CCCn1ncc(Br)c1C(=O)c1cc(F)ccc1F. The van der Waals surface area contributed by atoms with Crippen LogP contribution in [0.2, 0.25) is 0 Å². The molecule has 0 unspecified atom stereocenters. The molecule has 0 aliphatic rings. The summed E-state index contributed by atoms with van der Waals surface area (Å²) in [6.07, 6.45) is 2.25. The van der Waals surface area contributed by atoms with Crippen LogP contribution in [-0.2, 0) is 6.54 Å². The second kappa shape index (κ2) is 5.61. The third-order valence-electron chi connectivity index (χ3n) is 2.62. The van der Waals surface area contributed by atoms with Gasteiger partial charge < -0.3 is 0 Å². The lowest BCUT2D eigenvalue weighted by molar-refractivity contribution is 0.102. The molecule has 19 heavy (non-hydrogen) atoms. The molecule has 0 radical (unpaired) electrons. The minimum atomic E-state index is -0.748. The minimum absolute atomic E-state index is 0.228. The largest absolute Gasteiger partial charge is 0.287 e. The van der Waals surface area contributed by atoms with E-state index in [4.69, 9.17) is 0 Å². The van der Waals surface area contributed by atoms with Crippen molar-refractivity contribution < 1.29 is 13.6 Å². The predicted molar refractivity (Wildman–Crippen MR) is 70.0 cm³/mol. The van der Waals surface area contributed by atoms with Crippen LogP contribution in [0.25, 0.3) is 0 Å². The van der Waals surface area contributed by atoms with Crippen molar-refractivity contribution in [2.75, 3.05) is 0 Å². The average Bonchev–Trinajstić information content (AvgIpc) is 2.73. The Morgan fingerprint density at radius 1 is 1.42 bits per heavy atom. The summed E-state index contributed by atoms with van der Waals surface area (Å²) in [5.41, 5.74) is -0.0649. The highest BCUT2D eigenvalue weighted by Gasteiger charge is 2.21. The van der Waals surface area contributed by atoms with Crippen LogP contribution in [0.3, 0.4) is 0 Å². The van der Waals surface area contributed by atoms with Crippen molar-refractivity contribution in [3.05, 3.63) is 51.8 Å². The molecule has 100 valence electrons. The predicted octanol–water partition coefficient (Wildman–Crippen LogP) is 3.56. The van der Waals surface area contributed by atoms with Crippen LogP contribution in [0.4, 0.5) is 8.78 Å². The van der Waals surface area contributed by atoms with Gasteiger partial charge in [-0.1, -0.05) is 6.92 Å². The van der Waals surface area contributed by atoms with Crippen molar-refractivity contribution in [2.24, 2.45) is 0 Å². The molecule has 0 aliphatic carbocycles. The maximum absolute atomic E-state index is 13.6. The number of carbonyl (C=O) groups is 1. The Hall–Kier alpha value is -1.56. The maximum Gasteiger partial charge on any atom is 0.215 e. The van der Waals surface area contributed by atoms with Crippen LogP contribution < -0.4 is 0 Å². The Morgan fingerprint density at radius 3 is 2.84 bits per heavy atom. The Balaban J connectivity index is 2.49. The van der Waals surface area contributed by atoms with E-state index in [1.165, 1.54) is 10.9 Å². The molecule has 1 aromatic carbocycles. The molecule has 1 heterocycles. The average molecular weight is 329 g/mol. The van der Waals surface area contributed by atoms with E-state index in [2.05, 4.69) is 21.0 Å². The van der Waals surface area contributed by atoms with Crippen molar-refractivity contribution >= 4 is 21.7 Å². The smallest absolute Gasteiger partial charge is 0.215 e. The lowest BCUT2D eigenvalue weighted by atomic mass is 10.1. The van der Waals surface area contributed by atoms with Crippen molar-refractivity contribution in [1.82, 2.24) is 9.78 Å². The quantitative estimate of drug-likeness (QED) is 0.804. The zero-order valence-electron chi connectivity index (χ0n) is 10.2. The first-order valence-electron chi connectivity index (χ1n) is 5.75. The van der Waals surface area contributed by atoms with E-state index in [0.717, 1.165) is 24.6 Å². The van der Waals surface area contributed by atoms with E-state index in [-0.39, 0.29) is 11.3 Å². The van der Waals surface area contributed by atoms with Crippen molar-refractivity contribution in [3.63, 3.8) is 0 Å². The number of aromatic nitrogens is 2. The van der Waals surface area contributed by atoms with E-state index in [0.29, 0.717) is 11.0 Å². The summed E-state index contributed by atoms with van der Waals surface area (Å²) in [7, 11) is 0. The third kappa shape index (κ3) is 2.73. The molecular formula is C13H11BrF2N2O. The fraction of sp³-hybridized carbons (Fsp3) is 0.231. The molecule has 0 fully saturated rings. The molecule has 0 atom stereocenters. The second-order valence-electron chi connectivity index (χ2n) is 4.02. The number of nitrogens with zero attached hydrogens (tertiary/aromatic N) is 2. The highest BCUT2D eigenvalue weighted by atomic mass is 79.9. The highest BCUT2D eigenvalue weighted by Crippen LogP contribution is 2.22. The van der Waals surface area contributed by atoms with E-state index in [9.17, 15) is 13.6 Å². The van der Waals surface area contributed by atoms with E-state index in [1.54, 1.807) is 0 Å². The van der Waals surface area contributed by atoms with Crippen LogP contribution in [0.5, 0.6) is 0 Å². The first-order chi connectivity index (χ1) is 9.04. The van der Waals surface area contributed by atoms with Crippen LogP contribution in [0, 0.1) is 11.6 Å². The number of aryl methyl sites for hydroxylation is 1. The molecule has 6 heteroatoms. The van der Waals surface area contributed by atoms with Gasteiger partial charge in [0.1, 0.15) is 17.3 Å². The molecule has 2 aromatic rings. The number of halogens is 3. The molecule has 0 spiro atoms. The highest BCUT2D eigenvalue weighted by molar-refractivity contribution is 9.10. The molecule has 0 amide bonds. The second-order valence-corrected chi connectivity index (χ2v) is 4.87. The van der Waals surface area contributed by atoms with E-state index in [1.807, 2.05) is 6.92 Å². The van der Waals surface area contributed by atoms with E-state index < -0.39 is 17.4 Å². The number of ketones is 1. The fourth-order valence-electron chi connectivity index (χ4n) is 1.77. The monoisotopic (exact) mass is 328 g/mol. The van der Waals surface area contributed by atoms with Crippen LogP contribution in [0.15, 0.2) is 28.9 Å². The molecule has 0 saturated carbocycles. The number of hydrogen-bond acceptors (Lipinski definition) is 2. The first-order valence-corrected chi connectivity index (χ1v) is 6.55. The van der Waals surface area contributed by atoms with E-state index >= 15 is 0 Å². The number of hydrogen-bond donors (Lipinski definition) is 0. The number of rotatable bonds is 4. The third-order valence-corrected chi connectivity index (χ3v) is 3.20. The summed E-state index contributed by atoms with van der Waals surface area (Å²) in [6.45, 7) is 2.47. The molecule has 0 N–H and O–H groups in total.